The highest BCUT2D eigenvalue weighted by Crippen LogP contribution is 2.21. The number of halogens is 1. The number of nitrogens with zero attached hydrogens (tertiary/aromatic N) is 1. The fourth-order valence-corrected chi connectivity index (χ4v) is 2.08. The van der Waals surface area contributed by atoms with Crippen molar-refractivity contribution in [3.05, 3.63) is 21.7 Å². The van der Waals surface area contributed by atoms with E-state index in [1.807, 2.05) is 13.8 Å². The van der Waals surface area contributed by atoms with Crippen LogP contribution in [0.1, 0.15) is 49.1 Å². The molecule has 1 aromatic rings. The maximum atomic E-state index is 5.94. The third kappa shape index (κ3) is 2.34. The Bertz CT molecular complexity index is 382. The van der Waals surface area contributed by atoms with Crippen LogP contribution in [-0.4, -0.2) is 9.97 Å². The van der Waals surface area contributed by atoms with Gasteiger partial charge in [0, 0.05) is 11.3 Å². The molecule has 78 valence electrons. The average molecular weight is 231 g/mol. The summed E-state index contributed by atoms with van der Waals surface area (Å²) in [5.74, 6) is 1.14. The molecule has 0 aliphatic rings. The molecule has 1 aromatic heterocycles. The summed E-state index contributed by atoms with van der Waals surface area (Å²) in [5, 5.41) is -0.128. The first-order chi connectivity index (χ1) is 6.43. The topological polar surface area (TPSA) is 28.7 Å². The summed E-state index contributed by atoms with van der Waals surface area (Å²) in [4.78, 5) is 7.47. The summed E-state index contributed by atoms with van der Waals surface area (Å²) in [5.41, 5.74) is 2.18. The highest BCUT2D eigenvalue weighted by molar-refractivity contribution is 7.71. The molecule has 1 rings (SSSR count). The smallest absolute Gasteiger partial charge is 0.133 e. The third-order valence-electron chi connectivity index (χ3n) is 2.13. The molecule has 0 aromatic carbocycles. The molecule has 2 nitrogen and oxygen atoms in total. The van der Waals surface area contributed by atoms with E-state index in [1.54, 1.807) is 0 Å². The van der Waals surface area contributed by atoms with Crippen LogP contribution in [0.3, 0.4) is 0 Å². The van der Waals surface area contributed by atoms with Crippen LogP contribution in [0.15, 0.2) is 0 Å². The van der Waals surface area contributed by atoms with Gasteiger partial charge in [-0.15, -0.1) is 11.6 Å². The number of aromatic amines is 1. The van der Waals surface area contributed by atoms with Crippen molar-refractivity contribution in [3.8, 4) is 0 Å². The van der Waals surface area contributed by atoms with Crippen LogP contribution >= 0.6 is 23.8 Å². The van der Waals surface area contributed by atoms with Crippen molar-refractivity contribution in [1.82, 2.24) is 9.97 Å². The van der Waals surface area contributed by atoms with Gasteiger partial charge < -0.3 is 4.98 Å². The summed E-state index contributed by atoms with van der Waals surface area (Å²) in [7, 11) is 0. The van der Waals surface area contributed by atoms with Crippen LogP contribution in [0.2, 0.25) is 0 Å². The van der Waals surface area contributed by atoms with Crippen molar-refractivity contribution < 1.29 is 0 Å². The fraction of sp³-hybridized carbons (Fsp3) is 0.600. The van der Waals surface area contributed by atoms with Crippen molar-refractivity contribution in [3.63, 3.8) is 0 Å². The number of alkyl halides is 1. The minimum Gasteiger partial charge on any atom is -0.346 e. The summed E-state index contributed by atoms with van der Waals surface area (Å²) in [6.07, 6.45) is 0. The van der Waals surface area contributed by atoms with Crippen LogP contribution in [0.25, 0.3) is 0 Å². The minimum atomic E-state index is -0.128. The maximum Gasteiger partial charge on any atom is 0.133 e. The van der Waals surface area contributed by atoms with Crippen LogP contribution in [0.5, 0.6) is 0 Å². The van der Waals surface area contributed by atoms with E-state index >= 15 is 0 Å². The van der Waals surface area contributed by atoms with Gasteiger partial charge in [-0.3, -0.25) is 0 Å². The van der Waals surface area contributed by atoms with Gasteiger partial charge in [0.05, 0.1) is 5.38 Å². The van der Waals surface area contributed by atoms with Crippen molar-refractivity contribution in [2.75, 3.05) is 0 Å². The van der Waals surface area contributed by atoms with E-state index in [9.17, 15) is 0 Å². The summed E-state index contributed by atoms with van der Waals surface area (Å²) < 4.78 is 0.666. The standard InChI is InChI=1S/C10H15ClN2S/c1-5(2)8-7(4)12-9(6(3)11)13-10(8)14/h5-6H,1-4H3,(H,12,13,14). The van der Waals surface area contributed by atoms with Crippen LogP contribution in [0.4, 0.5) is 0 Å². The Balaban J connectivity index is 3.33. The molecule has 1 unspecified atom stereocenters. The summed E-state index contributed by atoms with van der Waals surface area (Å²) in [6, 6.07) is 0. The van der Waals surface area contributed by atoms with E-state index in [4.69, 9.17) is 23.8 Å². The Kier molecular flexibility index (Phi) is 3.67. The SMILES string of the molecule is Cc1[nH]c(C(C)Cl)nc(=S)c1C(C)C. The zero-order valence-corrected chi connectivity index (χ0v) is 10.5. The molecule has 0 bridgehead atoms. The molecule has 4 heteroatoms. The molecule has 0 aliphatic heterocycles. The zero-order chi connectivity index (χ0) is 10.9. The van der Waals surface area contributed by atoms with E-state index < -0.39 is 0 Å². The van der Waals surface area contributed by atoms with E-state index in [0.29, 0.717) is 10.6 Å². The fourth-order valence-electron chi connectivity index (χ4n) is 1.49. The van der Waals surface area contributed by atoms with E-state index in [-0.39, 0.29) is 5.38 Å². The summed E-state index contributed by atoms with van der Waals surface area (Å²) in [6.45, 7) is 8.11. The van der Waals surface area contributed by atoms with Crippen molar-refractivity contribution in [2.45, 2.75) is 39.0 Å². The van der Waals surface area contributed by atoms with Gasteiger partial charge >= 0.3 is 0 Å². The number of rotatable bonds is 2. The number of aryl methyl sites for hydroxylation is 1. The highest BCUT2D eigenvalue weighted by atomic mass is 35.5. The molecule has 0 radical (unpaired) electrons. The van der Waals surface area contributed by atoms with E-state index in [0.717, 1.165) is 17.1 Å². The lowest BCUT2D eigenvalue weighted by Crippen LogP contribution is -2.04. The number of hydrogen-bond donors (Lipinski definition) is 1. The second kappa shape index (κ2) is 4.41. The number of aromatic nitrogens is 2. The first kappa shape index (κ1) is 11.7. The first-order valence-corrected chi connectivity index (χ1v) is 5.52. The van der Waals surface area contributed by atoms with Crippen LogP contribution in [-0.2, 0) is 0 Å². The highest BCUT2D eigenvalue weighted by Gasteiger charge is 2.11. The molecule has 0 fully saturated rings. The molecule has 1 atom stereocenters. The predicted molar refractivity (Wildman–Crippen MR) is 62.5 cm³/mol. The molecular formula is C10H15ClN2S. The summed E-state index contributed by atoms with van der Waals surface area (Å²) >= 11 is 11.2. The lowest BCUT2D eigenvalue weighted by atomic mass is 10.0. The molecule has 0 saturated heterocycles. The second-order valence-electron chi connectivity index (χ2n) is 3.74. The zero-order valence-electron chi connectivity index (χ0n) is 8.89. The lowest BCUT2D eigenvalue weighted by Gasteiger charge is -2.12. The number of nitrogens with one attached hydrogen (secondary N) is 1. The van der Waals surface area contributed by atoms with Crippen LogP contribution < -0.4 is 0 Å². The Hall–Kier alpha value is -0.410. The van der Waals surface area contributed by atoms with Gasteiger partial charge in [0.25, 0.3) is 0 Å². The number of hydrogen-bond acceptors (Lipinski definition) is 2. The molecule has 1 N–H and O–H groups in total. The Morgan fingerprint density at radius 3 is 2.29 bits per heavy atom. The first-order valence-electron chi connectivity index (χ1n) is 4.68. The van der Waals surface area contributed by atoms with E-state index in [2.05, 4.69) is 23.8 Å². The molecule has 0 aliphatic carbocycles. The lowest BCUT2D eigenvalue weighted by molar-refractivity contribution is 0.792. The Morgan fingerprint density at radius 1 is 1.36 bits per heavy atom. The molecular weight excluding hydrogens is 216 g/mol. The van der Waals surface area contributed by atoms with Gasteiger partial charge in [0.1, 0.15) is 10.5 Å². The molecule has 0 spiro atoms. The van der Waals surface area contributed by atoms with Gasteiger partial charge in [0.2, 0.25) is 0 Å². The third-order valence-corrected chi connectivity index (χ3v) is 2.64. The minimum absolute atomic E-state index is 0.128. The largest absolute Gasteiger partial charge is 0.346 e. The van der Waals surface area contributed by atoms with Crippen molar-refractivity contribution in [2.24, 2.45) is 0 Å². The Labute approximate surface area is 94.7 Å². The maximum absolute atomic E-state index is 5.94. The molecule has 14 heavy (non-hydrogen) atoms. The number of H-pyrrole nitrogens is 1. The van der Waals surface area contributed by atoms with Gasteiger partial charge in [0.15, 0.2) is 0 Å². The van der Waals surface area contributed by atoms with Gasteiger partial charge in [-0.2, -0.15) is 0 Å². The van der Waals surface area contributed by atoms with Crippen LogP contribution in [0, 0.1) is 11.6 Å². The van der Waals surface area contributed by atoms with Crippen molar-refractivity contribution >= 4 is 23.8 Å². The van der Waals surface area contributed by atoms with Gasteiger partial charge in [-0.1, -0.05) is 26.1 Å². The van der Waals surface area contributed by atoms with Gasteiger partial charge in [-0.05, 0) is 19.8 Å². The second-order valence-corrected chi connectivity index (χ2v) is 4.78. The quantitative estimate of drug-likeness (QED) is 0.617. The van der Waals surface area contributed by atoms with Crippen molar-refractivity contribution in [1.29, 1.82) is 0 Å². The molecule has 1 heterocycles. The normalized spacial score (nSPS) is 13.3. The predicted octanol–water partition coefficient (Wildman–Crippen LogP) is 3.87. The van der Waals surface area contributed by atoms with E-state index in [1.165, 1.54) is 0 Å². The average Bonchev–Trinajstić information content (AvgIpc) is 2.01. The molecule has 0 saturated carbocycles. The van der Waals surface area contributed by atoms with Gasteiger partial charge in [-0.25, -0.2) is 4.98 Å². The molecule has 0 amide bonds. The Morgan fingerprint density at radius 2 is 1.93 bits per heavy atom. The monoisotopic (exact) mass is 230 g/mol.